The Bertz CT molecular complexity index is 139. The molecule has 27 heavy (non-hydrogen) atoms. The Morgan fingerprint density at radius 2 is 0.333 bits per heavy atom. The van der Waals surface area contributed by atoms with Gasteiger partial charge < -0.3 is 0 Å². The van der Waals surface area contributed by atoms with Crippen LogP contribution in [-0.2, 0) is 0 Å². The van der Waals surface area contributed by atoms with Crippen molar-refractivity contribution < 1.29 is 1.43 Å². The highest BCUT2D eigenvalue weighted by Crippen LogP contribution is 2.07. The van der Waals surface area contributed by atoms with E-state index in [1.807, 2.05) is 0 Å². The third kappa shape index (κ3) is 46.2. The topological polar surface area (TPSA) is 0 Å². The fraction of sp³-hybridized carbons (Fsp3) is 1.00. The highest BCUT2D eigenvalue weighted by atomic mass is 13.9. The van der Waals surface area contributed by atoms with Crippen molar-refractivity contribution >= 4 is 0 Å². The summed E-state index contributed by atoms with van der Waals surface area (Å²) in [5, 5.41) is 0. The Morgan fingerprint density at radius 1 is 0.222 bits per heavy atom. The maximum atomic E-state index is 2.26. The van der Waals surface area contributed by atoms with E-state index < -0.39 is 0 Å². The van der Waals surface area contributed by atoms with Crippen molar-refractivity contribution in [2.24, 2.45) is 0 Å². The van der Waals surface area contributed by atoms with Crippen LogP contribution in [0.5, 0.6) is 0 Å². The lowest BCUT2D eigenvalue weighted by atomic mass is 10.1. The Balaban J connectivity index is -0.000000152. The highest BCUT2D eigenvalue weighted by molar-refractivity contribution is 4.43. The zero-order valence-electron chi connectivity index (χ0n) is 21.8. The van der Waals surface area contributed by atoms with Gasteiger partial charge in [0.1, 0.15) is 0 Å². The first-order valence-electron chi connectivity index (χ1n) is 13.2. The normalized spacial score (nSPS) is 10.0. The van der Waals surface area contributed by atoms with E-state index in [1.165, 1.54) is 135 Å². The van der Waals surface area contributed by atoms with Crippen LogP contribution >= 0.6 is 0 Å². The molecule has 0 aliphatic heterocycles. The molecule has 0 saturated carbocycles. The Morgan fingerprint density at radius 3 is 0.444 bits per heavy atom. The molecule has 0 aromatic carbocycles. The zero-order valence-corrected chi connectivity index (χ0v) is 20.8. The van der Waals surface area contributed by atoms with Gasteiger partial charge in [0.05, 0.1) is 0 Å². The Kier molecular flexibility index (Phi) is 43.2. The second-order valence-electron chi connectivity index (χ2n) is 8.30. The van der Waals surface area contributed by atoms with Crippen molar-refractivity contribution in [2.45, 2.75) is 176 Å². The molecule has 0 aliphatic rings. The first-order chi connectivity index (χ1) is 13.2. The first kappa shape index (κ1) is 31.7. The number of rotatable bonds is 18. The van der Waals surface area contributed by atoms with Gasteiger partial charge in [-0.25, -0.2) is 0 Å². The molecule has 0 aromatic rings. The summed E-state index contributed by atoms with van der Waals surface area (Å²) >= 11 is 0. The first-order valence-corrected chi connectivity index (χ1v) is 13.2. The molecule has 0 saturated heterocycles. The van der Waals surface area contributed by atoms with E-state index in [0.29, 0.717) is 0 Å². The van der Waals surface area contributed by atoms with Gasteiger partial charge in [-0.15, -0.1) is 0 Å². The fourth-order valence-corrected chi connectivity index (χ4v) is 3.09. The van der Waals surface area contributed by atoms with Crippen molar-refractivity contribution in [2.75, 3.05) is 0 Å². The van der Waals surface area contributed by atoms with E-state index in [1.54, 1.807) is 0 Å². The van der Waals surface area contributed by atoms with Gasteiger partial charge in [0.25, 0.3) is 0 Å². The van der Waals surface area contributed by atoms with Crippen LogP contribution in [-0.4, -0.2) is 0 Å². The van der Waals surface area contributed by atoms with Crippen LogP contribution < -0.4 is 0 Å². The van der Waals surface area contributed by atoms with Gasteiger partial charge in [-0.1, -0.05) is 176 Å². The van der Waals surface area contributed by atoms with Crippen LogP contribution in [0.2, 0.25) is 0 Å². The van der Waals surface area contributed by atoms with Crippen molar-refractivity contribution in [1.29, 1.82) is 0 Å². The molecule has 0 fully saturated rings. The molecule has 0 radical (unpaired) electrons. The standard InChI is InChI=1S/3C9H20/c3*1-3-5-7-9-8-6-4-2/h3*3-9H2,1-2H3/p+1/i/hT. The molecule has 0 atom stereocenters. The van der Waals surface area contributed by atoms with E-state index >= 15 is 0 Å². The summed E-state index contributed by atoms with van der Waals surface area (Å²) < 4.78 is 0. The quantitative estimate of drug-likeness (QED) is 0.205. The summed E-state index contributed by atoms with van der Waals surface area (Å²) in [6, 6.07) is 0. The summed E-state index contributed by atoms with van der Waals surface area (Å²) in [7, 11) is 0. The van der Waals surface area contributed by atoms with Crippen LogP contribution in [0, 0.1) is 0 Å². The van der Waals surface area contributed by atoms with Crippen molar-refractivity contribution in [3.05, 3.63) is 0 Å². The number of hydrogen-bond acceptors (Lipinski definition) is 0. The van der Waals surface area contributed by atoms with Crippen LogP contribution in [0.3, 0.4) is 0 Å². The summed E-state index contributed by atoms with van der Waals surface area (Å²) in [6.07, 6.45) is 29.9. The third-order valence-electron chi connectivity index (χ3n) is 5.12. The molecular formula is C27H61+. The molecule has 0 heterocycles. The maximum absolute atomic E-state index is 2.26. The van der Waals surface area contributed by atoms with Crippen molar-refractivity contribution in [3.8, 4) is 0 Å². The average molecular weight is 388 g/mol. The van der Waals surface area contributed by atoms with Crippen molar-refractivity contribution in [1.82, 2.24) is 0 Å². The summed E-state index contributed by atoms with van der Waals surface area (Å²) in [5.74, 6) is 0. The molecule has 0 aliphatic carbocycles. The second kappa shape index (κ2) is 36.8. The molecule has 0 nitrogen and oxygen atoms in total. The van der Waals surface area contributed by atoms with E-state index in [-0.39, 0.29) is 1.43 Å². The van der Waals surface area contributed by atoms with Gasteiger partial charge in [0, 0.05) is 0 Å². The minimum absolute atomic E-state index is 0. The van der Waals surface area contributed by atoms with Gasteiger partial charge in [-0.05, 0) is 0 Å². The van der Waals surface area contributed by atoms with Gasteiger partial charge in [0.2, 0.25) is 0 Å². The molecule has 0 spiro atoms. The molecule has 0 aromatic heterocycles. The Hall–Kier alpha value is 0. The maximum Gasteiger partial charge on any atom is 1.00 e. The summed E-state index contributed by atoms with van der Waals surface area (Å²) in [5.41, 5.74) is 0. The molecule has 0 bridgehead atoms. The van der Waals surface area contributed by atoms with Gasteiger partial charge in [-0.3, -0.25) is 0 Å². The molecule has 0 N–H and O–H groups in total. The number of unbranched alkanes of at least 4 members (excludes halogenated alkanes) is 18. The summed E-state index contributed by atoms with van der Waals surface area (Å²) in [6.45, 7) is 13.6. The van der Waals surface area contributed by atoms with Gasteiger partial charge in [0.15, 0.2) is 0 Å². The smallest absolute Gasteiger partial charge is 0.0654 e. The molecule has 0 amide bonds. The van der Waals surface area contributed by atoms with Crippen LogP contribution in [0.1, 0.15) is 178 Å². The lowest BCUT2D eigenvalue weighted by Crippen LogP contribution is -1.76. The Labute approximate surface area is 178 Å². The van der Waals surface area contributed by atoms with E-state index in [0.717, 1.165) is 0 Å². The zero-order chi connectivity index (χ0) is 20.8. The van der Waals surface area contributed by atoms with Crippen LogP contribution in [0.25, 0.3) is 0 Å². The van der Waals surface area contributed by atoms with Crippen molar-refractivity contribution in [3.63, 3.8) is 0 Å². The minimum Gasteiger partial charge on any atom is -0.0654 e. The van der Waals surface area contributed by atoms with E-state index in [2.05, 4.69) is 41.5 Å². The SMILES string of the molecule is CCCCCCCCC.CCCCCCCCC.CCCCCCCCC.[3H+]. The van der Waals surface area contributed by atoms with Gasteiger partial charge in [-0.2, -0.15) is 0 Å². The lowest BCUT2D eigenvalue weighted by molar-refractivity contribution is 0.602. The molecule has 0 rings (SSSR count). The fourth-order valence-electron chi connectivity index (χ4n) is 3.09. The van der Waals surface area contributed by atoms with Gasteiger partial charge >= 0.3 is 1.43 Å². The molecular weight excluding hydrogens is 324 g/mol. The summed E-state index contributed by atoms with van der Waals surface area (Å²) in [4.78, 5) is 0. The monoisotopic (exact) mass is 387 g/mol. The average Bonchev–Trinajstić information content (AvgIpc) is 2.69. The molecule has 0 heteroatoms. The highest BCUT2D eigenvalue weighted by Gasteiger charge is 1.87. The van der Waals surface area contributed by atoms with E-state index in [9.17, 15) is 0 Å². The molecule has 0 unspecified atom stereocenters. The lowest BCUT2D eigenvalue weighted by Gasteiger charge is -1.96. The van der Waals surface area contributed by atoms with Crippen LogP contribution in [0.15, 0.2) is 0 Å². The third-order valence-corrected chi connectivity index (χ3v) is 5.12. The largest absolute Gasteiger partial charge is 1.00 e. The predicted molar refractivity (Wildman–Crippen MR) is 132 cm³/mol. The molecule has 168 valence electrons. The van der Waals surface area contributed by atoms with Crippen LogP contribution in [0.4, 0.5) is 0 Å². The second-order valence-corrected chi connectivity index (χ2v) is 8.30. The number of hydrogen-bond donors (Lipinski definition) is 0. The predicted octanol–water partition coefficient (Wildman–Crippen LogP) is 11.4. The minimum atomic E-state index is 0. The van der Waals surface area contributed by atoms with E-state index in [4.69, 9.17) is 0 Å².